The van der Waals surface area contributed by atoms with Crippen LogP contribution in [-0.4, -0.2) is 67.8 Å². The number of likely N-dealkylation sites (tertiary alicyclic amines) is 1. The van der Waals surface area contributed by atoms with Crippen molar-refractivity contribution in [2.24, 2.45) is 5.92 Å². The summed E-state index contributed by atoms with van der Waals surface area (Å²) in [5, 5.41) is 5.67. The Labute approximate surface area is 200 Å². The second kappa shape index (κ2) is 15.9. The molecule has 0 bridgehead atoms. The van der Waals surface area contributed by atoms with E-state index < -0.39 is 23.7 Å². The SMILES string of the molecule is C1CCNCC1.CC1CCCCC1.COC(=O)C1CCCN1C(=O)CNC(=O)OC(C)(C)C. The van der Waals surface area contributed by atoms with Gasteiger partial charge in [-0.15, -0.1) is 0 Å². The fraction of sp³-hybridized carbons (Fsp3) is 0.880. The van der Waals surface area contributed by atoms with Crippen molar-refractivity contribution in [3.05, 3.63) is 0 Å². The molecule has 3 aliphatic rings. The van der Waals surface area contributed by atoms with Crippen molar-refractivity contribution in [2.45, 2.75) is 104 Å². The quantitative estimate of drug-likeness (QED) is 0.606. The summed E-state index contributed by atoms with van der Waals surface area (Å²) >= 11 is 0. The summed E-state index contributed by atoms with van der Waals surface area (Å²) in [5.74, 6) is 0.297. The summed E-state index contributed by atoms with van der Waals surface area (Å²) in [6.07, 6.45) is 12.3. The van der Waals surface area contributed by atoms with E-state index in [2.05, 4.69) is 22.3 Å². The zero-order valence-electron chi connectivity index (χ0n) is 21.5. The van der Waals surface area contributed by atoms with Gasteiger partial charge in [0.05, 0.1) is 7.11 Å². The molecule has 0 aromatic carbocycles. The van der Waals surface area contributed by atoms with Gasteiger partial charge < -0.3 is 25.0 Å². The van der Waals surface area contributed by atoms with E-state index in [1.54, 1.807) is 20.8 Å². The maximum absolute atomic E-state index is 12.0. The van der Waals surface area contributed by atoms with Crippen LogP contribution < -0.4 is 10.6 Å². The Morgan fingerprint density at radius 1 is 0.939 bits per heavy atom. The number of piperidine rings is 1. The lowest BCUT2D eigenvalue weighted by atomic mass is 9.91. The maximum atomic E-state index is 12.0. The minimum atomic E-state index is -0.653. The maximum Gasteiger partial charge on any atom is 0.408 e. The zero-order valence-corrected chi connectivity index (χ0v) is 21.5. The molecule has 1 saturated carbocycles. The number of hydrogen-bond donors (Lipinski definition) is 2. The van der Waals surface area contributed by atoms with Crippen molar-refractivity contribution in [2.75, 3.05) is 33.3 Å². The van der Waals surface area contributed by atoms with Crippen molar-refractivity contribution in [1.82, 2.24) is 15.5 Å². The van der Waals surface area contributed by atoms with E-state index in [1.165, 1.54) is 76.5 Å². The van der Waals surface area contributed by atoms with Gasteiger partial charge in [0.2, 0.25) is 5.91 Å². The first-order chi connectivity index (χ1) is 15.6. The van der Waals surface area contributed by atoms with Gasteiger partial charge in [-0.2, -0.15) is 0 Å². The number of hydrogen-bond acceptors (Lipinski definition) is 6. The van der Waals surface area contributed by atoms with E-state index >= 15 is 0 Å². The minimum absolute atomic E-state index is 0.192. The molecule has 8 nitrogen and oxygen atoms in total. The topological polar surface area (TPSA) is 97.0 Å². The number of rotatable bonds is 3. The van der Waals surface area contributed by atoms with Gasteiger partial charge in [0.25, 0.3) is 0 Å². The summed E-state index contributed by atoms with van der Waals surface area (Å²) in [5.41, 5.74) is -0.616. The lowest BCUT2D eigenvalue weighted by molar-refractivity contribution is -0.150. The van der Waals surface area contributed by atoms with E-state index in [4.69, 9.17) is 4.74 Å². The zero-order chi connectivity index (χ0) is 24.7. The molecule has 2 aliphatic heterocycles. The first kappa shape index (κ1) is 29.2. The van der Waals surface area contributed by atoms with Gasteiger partial charge in [-0.1, -0.05) is 45.4 Å². The predicted molar refractivity (Wildman–Crippen MR) is 130 cm³/mol. The number of esters is 1. The molecule has 1 aliphatic carbocycles. The second-order valence-electron chi connectivity index (χ2n) is 10.2. The standard InChI is InChI=1S/C13H22N2O5.C7H14.C5H11N/c1-13(2,3)20-12(18)14-8-10(16)15-7-5-6-9(15)11(17)19-4;1-7-5-3-2-4-6-7;1-2-4-6-5-3-1/h9H,5-8H2,1-4H3,(H,14,18);7H,2-6H2,1H3;6H,1-5H2. The lowest BCUT2D eigenvalue weighted by Gasteiger charge is -2.23. The Morgan fingerprint density at radius 3 is 1.97 bits per heavy atom. The number of ether oxygens (including phenoxy) is 2. The van der Waals surface area contributed by atoms with Crippen LogP contribution in [0, 0.1) is 5.92 Å². The first-order valence-electron chi connectivity index (χ1n) is 12.7. The molecule has 3 rings (SSSR count). The van der Waals surface area contributed by atoms with Gasteiger partial charge >= 0.3 is 12.1 Å². The highest BCUT2D eigenvalue weighted by atomic mass is 16.6. The molecule has 3 fully saturated rings. The first-order valence-corrected chi connectivity index (χ1v) is 12.7. The van der Waals surface area contributed by atoms with Crippen LogP contribution in [0.5, 0.6) is 0 Å². The average Bonchev–Trinajstić information content (AvgIpc) is 3.28. The fourth-order valence-electron chi connectivity index (χ4n) is 4.12. The summed E-state index contributed by atoms with van der Waals surface area (Å²) < 4.78 is 9.69. The van der Waals surface area contributed by atoms with Crippen molar-refractivity contribution >= 4 is 18.0 Å². The van der Waals surface area contributed by atoms with Crippen molar-refractivity contribution in [1.29, 1.82) is 0 Å². The molecule has 0 aromatic heterocycles. The van der Waals surface area contributed by atoms with E-state index in [0.29, 0.717) is 13.0 Å². The average molecular weight is 470 g/mol. The van der Waals surface area contributed by atoms with E-state index in [9.17, 15) is 14.4 Å². The van der Waals surface area contributed by atoms with Gasteiger partial charge in [0.1, 0.15) is 18.2 Å². The van der Waals surface area contributed by atoms with Crippen molar-refractivity contribution in [3.63, 3.8) is 0 Å². The van der Waals surface area contributed by atoms with Crippen LogP contribution in [0.4, 0.5) is 4.79 Å². The van der Waals surface area contributed by atoms with E-state index in [-0.39, 0.29) is 12.5 Å². The molecule has 2 N–H and O–H groups in total. The molecule has 33 heavy (non-hydrogen) atoms. The third-order valence-corrected chi connectivity index (χ3v) is 5.93. The lowest BCUT2D eigenvalue weighted by Crippen LogP contribution is -2.46. The molecule has 1 unspecified atom stereocenters. The van der Waals surface area contributed by atoms with E-state index in [1.807, 2.05) is 0 Å². The molecule has 1 atom stereocenters. The monoisotopic (exact) mass is 469 g/mol. The summed E-state index contributed by atoms with van der Waals surface area (Å²) in [7, 11) is 1.29. The van der Waals surface area contributed by atoms with Crippen molar-refractivity contribution in [3.8, 4) is 0 Å². The number of carbonyl (C=O) groups excluding carboxylic acids is 3. The van der Waals surface area contributed by atoms with Crippen LogP contribution in [-0.2, 0) is 19.1 Å². The highest BCUT2D eigenvalue weighted by Gasteiger charge is 2.34. The molecule has 2 saturated heterocycles. The predicted octanol–water partition coefficient (Wildman–Crippen LogP) is 4.02. The molecular formula is C25H47N3O5. The normalized spacial score (nSPS) is 21.0. The number of nitrogens with one attached hydrogen (secondary N) is 2. The third kappa shape index (κ3) is 13.5. The molecule has 192 valence electrons. The minimum Gasteiger partial charge on any atom is -0.467 e. The number of methoxy groups -OCH3 is 1. The number of nitrogens with zero attached hydrogens (tertiary/aromatic N) is 1. The van der Waals surface area contributed by atoms with Gasteiger partial charge in [-0.25, -0.2) is 9.59 Å². The van der Waals surface area contributed by atoms with Crippen LogP contribution in [0.25, 0.3) is 0 Å². The number of amides is 2. The molecule has 0 aromatic rings. The van der Waals surface area contributed by atoms with E-state index in [0.717, 1.165) is 12.3 Å². The van der Waals surface area contributed by atoms with Gasteiger partial charge in [0.15, 0.2) is 0 Å². The third-order valence-electron chi connectivity index (χ3n) is 5.93. The number of carbonyl (C=O) groups is 3. The Bertz CT molecular complexity index is 570. The molecule has 0 spiro atoms. The van der Waals surface area contributed by atoms with Gasteiger partial charge in [-0.05, 0) is 65.5 Å². The smallest absolute Gasteiger partial charge is 0.408 e. The molecular weight excluding hydrogens is 422 g/mol. The Morgan fingerprint density at radius 2 is 1.55 bits per heavy atom. The van der Waals surface area contributed by atoms with Gasteiger partial charge in [0, 0.05) is 6.54 Å². The van der Waals surface area contributed by atoms with Crippen molar-refractivity contribution < 1.29 is 23.9 Å². The van der Waals surface area contributed by atoms with Gasteiger partial charge in [-0.3, -0.25) is 4.79 Å². The molecule has 2 heterocycles. The molecule has 0 radical (unpaired) electrons. The molecule has 2 amide bonds. The van der Waals surface area contributed by atoms with Crippen LogP contribution in [0.3, 0.4) is 0 Å². The fourth-order valence-corrected chi connectivity index (χ4v) is 4.12. The summed E-state index contributed by atoms with van der Waals surface area (Å²) in [4.78, 5) is 36.4. The highest BCUT2D eigenvalue weighted by Crippen LogP contribution is 2.22. The van der Waals surface area contributed by atoms with Crippen LogP contribution in [0.1, 0.15) is 91.9 Å². The summed E-state index contributed by atoms with van der Waals surface area (Å²) in [6.45, 7) is 10.4. The highest BCUT2D eigenvalue weighted by molar-refractivity contribution is 5.87. The second-order valence-corrected chi connectivity index (χ2v) is 10.2. The summed E-state index contributed by atoms with van der Waals surface area (Å²) in [6, 6.07) is -0.548. The van der Waals surface area contributed by atoms with Crippen LogP contribution in [0.2, 0.25) is 0 Å². The number of alkyl carbamates (subject to hydrolysis) is 1. The molecule has 8 heteroatoms. The largest absolute Gasteiger partial charge is 0.467 e. The van der Waals surface area contributed by atoms with Crippen LogP contribution in [0.15, 0.2) is 0 Å². The Balaban J connectivity index is 0.000000335. The Kier molecular flexibility index (Phi) is 14.1. The van der Waals surface area contributed by atoms with Crippen LogP contribution >= 0.6 is 0 Å². The Hall–Kier alpha value is -1.83.